The molecule has 0 aromatic heterocycles. The first kappa shape index (κ1) is 8.06. The molecule has 2 aliphatic rings. The third-order valence-electron chi connectivity index (χ3n) is 3.51. The Hall–Kier alpha value is 0.440. The van der Waals surface area contributed by atoms with E-state index in [1.807, 2.05) is 0 Å². The average Bonchev–Trinajstić information content (AvgIpc) is 2.59. The van der Waals surface area contributed by atoms with E-state index in [-0.39, 0.29) is 4.32 Å². The lowest BCUT2D eigenvalue weighted by Gasteiger charge is -2.24. The highest BCUT2D eigenvalue weighted by Gasteiger charge is 2.64. The lowest BCUT2D eigenvalue weighted by molar-refractivity contribution is 0.240. The van der Waals surface area contributed by atoms with E-state index < -0.39 is 0 Å². The van der Waals surface area contributed by atoms with E-state index in [1.54, 1.807) is 0 Å². The van der Waals surface area contributed by atoms with Crippen molar-refractivity contribution in [2.45, 2.75) is 42.8 Å². The zero-order chi connectivity index (χ0) is 7.95. The Morgan fingerprint density at radius 1 is 1.18 bits per heavy atom. The van der Waals surface area contributed by atoms with Gasteiger partial charge in [-0.05, 0) is 24.7 Å². The summed E-state index contributed by atoms with van der Waals surface area (Å²) in [7, 11) is 0. The summed E-state index contributed by atoms with van der Waals surface area (Å²) in [6, 6.07) is 0. The van der Waals surface area contributed by atoms with Crippen LogP contribution in [-0.2, 0) is 0 Å². The summed E-state index contributed by atoms with van der Waals surface area (Å²) < 4.78 is 0.125. The quantitative estimate of drug-likeness (QED) is 0.671. The number of halogens is 1. The van der Waals surface area contributed by atoms with Gasteiger partial charge in [0.2, 0.25) is 0 Å². The van der Waals surface area contributed by atoms with E-state index in [2.05, 4.69) is 15.9 Å². The molecule has 1 nitrogen and oxygen atoms in total. The molecule has 1 atom stereocenters. The highest BCUT2D eigenvalue weighted by Crippen LogP contribution is 2.68. The zero-order valence-corrected chi connectivity index (χ0v) is 8.36. The molecular formula is C9H15BrO. The molecule has 1 N–H and O–H groups in total. The van der Waals surface area contributed by atoms with Crippen LogP contribution in [-0.4, -0.2) is 16.0 Å². The van der Waals surface area contributed by atoms with Crippen LogP contribution in [0.15, 0.2) is 0 Å². The molecule has 2 saturated carbocycles. The fraction of sp³-hybridized carbons (Fsp3) is 1.00. The third kappa shape index (κ3) is 1.06. The molecule has 2 fully saturated rings. The summed E-state index contributed by atoms with van der Waals surface area (Å²) in [5.74, 6) is 0. The van der Waals surface area contributed by atoms with Gasteiger partial charge in [0.15, 0.2) is 0 Å². The average molecular weight is 219 g/mol. The topological polar surface area (TPSA) is 20.2 Å². The van der Waals surface area contributed by atoms with Crippen molar-refractivity contribution in [3.63, 3.8) is 0 Å². The Balaban J connectivity index is 2.03. The highest BCUT2D eigenvalue weighted by atomic mass is 79.9. The molecule has 2 heteroatoms. The third-order valence-corrected chi connectivity index (χ3v) is 4.88. The van der Waals surface area contributed by atoms with Gasteiger partial charge < -0.3 is 5.11 Å². The van der Waals surface area contributed by atoms with Gasteiger partial charge in [-0.3, -0.25) is 0 Å². The smallest absolute Gasteiger partial charge is 0.0590 e. The standard InChI is InChI=1S/C9H15BrO/c10-9(7-11)6-8(9)4-2-1-3-5-8/h11H,1-7H2. The maximum Gasteiger partial charge on any atom is 0.0590 e. The fourth-order valence-electron chi connectivity index (χ4n) is 2.57. The van der Waals surface area contributed by atoms with Crippen molar-refractivity contribution in [1.29, 1.82) is 0 Å². The van der Waals surface area contributed by atoms with Gasteiger partial charge in [-0.1, -0.05) is 35.2 Å². The first-order valence-electron chi connectivity index (χ1n) is 4.52. The van der Waals surface area contributed by atoms with Crippen LogP contribution in [0.5, 0.6) is 0 Å². The molecule has 0 radical (unpaired) electrons. The van der Waals surface area contributed by atoms with Crippen molar-refractivity contribution in [3.05, 3.63) is 0 Å². The number of hydrogen-bond acceptors (Lipinski definition) is 1. The minimum absolute atomic E-state index is 0.125. The van der Waals surface area contributed by atoms with Crippen molar-refractivity contribution >= 4 is 15.9 Å². The van der Waals surface area contributed by atoms with E-state index in [0.29, 0.717) is 12.0 Å². The summed E-state index contributed by atoms with van der Waals surface area (Å²) in [5, 5.41) is 9.14. The molecule has 0 bridgehead atoms. The first-order valence-corrected chi connectivity index (χ1v) is 5.32. The summed E-state index contributed by atoms with van der Waals surface area (Å²) in [6.07, 6.45) is 8.01. The second-order valence-corrected chi connectivity index (χ2v) is 5.66. The molecule has 0 aliphatic heterocycles. The monoisotopic (exact) mass is 218 g/mol. The molecular weight excluding hydrogens is 204 g/mol. The summed E-state index contributed by atoms with van der Waals surface area (Å²) in [4.78, 5) is 0. The predicted molar refractivity (Wildman–Crippen MR) is 48.9 cm³/mol. The van der Waals surface area contributed by atoms with Crippen LogP contribution in [0.2, 0.25) is 0 Å². The van der Waals surface area contributed by atoms with Crippen LogP contribution < -0.4 is 0 Å². The fourth-order valence-corrected chi connectivity index (χ4v) is 3.50. The van der Waals surface area contributed by atoms with Crippen LogP contribution in [0.4, 0.5) is 0 Å². The molecule has 0 aromatic rings. The largest absolute Gasteiger partial charge is 0.395 e. The van der Waals surface area contributed by atoms with E-state index in [4.69, 9.17) is 5.11 Å². The van der Waals surface area contributed by atoms with Gasteiger partial charge in [0.05, 0.1) is 10.9 Å². The molecule has 0 amide bonds. The second kappa shape index (κ2) is 2.46. The summed E-state index contributed by atoms with van der Waals surface area (Å²) >= 11 is 3.66. The summed E-state index contributed by atoms with van der Waals surface area (Å²) in [6.45, 7) is 0.326. The predicted octanol–water partition coefficient (Wildman–Crippen LogP) is 2.47. The lowest BCUT2D eigenvalue weighted by Crippen LogP contribution is -2.20. The Labute approximate surface area is 76.3 Å². The minimum Gasteiger partial charge on any atom is -0.395 e. The Morgan fingerprint density at radius 2 is 1.82 bits per heavy atom. The Kier molecular flexibility index (Phi) is 1.80. The number of hydrogen-bond donors (Lipinski definition) is 1. The lowest BCUT2D eigenvalue weighted by atomic mass is 9.84. The van der Waals surface area contributed by atoms with Crippen molar-refractivity contribution < 1.29 is 5.11 Å². The van der Waals surface area contributed by atoms with Gasteiger partial charge in [0.25, 0.3) is 0 Å². The molecule has 2 rings (SSSR count). The summed E-state index contributed by atoms with van der Waals surface area (Å²) in [5.41, 5.74) is 0.500. The molecule has 1 spiro atoms. The Morgan fingerprint density at radius 3 is 2.27 bits per heavy atom. The van der Waals surface area contributed by atoms with E-state index in [9.17, 15) is 0 Å². The maximum absolute atomic E-state index is 9.14. The van der Waals surface area contributed by atoms with Gasteiger partial charge in [0.1, 0.15) is 0 Å². The number of aliphatic hydroxyl groups is 1. The minimum atomic E-state index is 0.125. The molecule has 0 aromatic carbocycles. The van der Waals surface area contributed by atoms with Crippen molar-refractivity contribution in [2.24, 2.45) is 5.41 Å². The van der Waals surface area contributed by atoms with Gasteiger partial charge in [-0.2, -0.15) is 0 Å². The van der Waals surface area contributed by atoms with Gasteiger partial charge in [-0.15, -0.1) is 0 Å². The molecule has 64 valence electrons. The van der Waals surface area contributed by atoms with Crippen LogP contribution in [0.1, 0.15) is 38.5 Å². The number of alkyl halides is 1. The maximum atomic E-state index is 9.14. The number of rotatable bonds is 1. The van der Waals surface area contributed by atoms with Crippen LogP contribution in [0, 0.1) is 5.41 Å². The molecule has 0 heterocycles. The van der Waals surface area contributed by atoms with Gasteiger partial charge >= 0.3 is 0 Å². The number of aliphatic hydroxyl groups excluding tert-OH is 1. The zero-order valence-electron chi connectivity index (χ0n) is 6.77. The van der Waals surface area contributed by atoms with Crippen molar-refractivity contribution in [2.75, 3.05) is 6.61 Å². The van der Waals surface area contributed by atoms with Crippen LogP contribution in [0.25, 0.3) is 0 Å². The SMILES string of the molecule is OCC1(Br)CC12CCCCC2. The van der Waals surface area contributed by atoms with Crippen molar-refractivity contribution in [1.82, 2.24) is 0 Å². The Bertz CT molecular complexity index is 157. The van der Waals surface area contributed by atoms with Crippen LogP contribution in [0.3, 0.4) is 0 Å². The molecule has 0 saturated heterocycles. The first-order chi connectivity index (χ1) is 5.22. The second-order valence-electron chi connectivity index (χ2n) is 4.14. The van der Waals surface area contributed by atoms with E-state index >= 15 is 0 Å². The van der Waals surface area contributed by atoms with Gasteiger partial charge in [0, 0.05) is 0 Å². The van der Waals surface area contributed by atoms with Gasteiger partial charge in [-0.25, -0.2) is 0 Å². The molecule has 1 unspecified atom stereocenters. The van der Waals surface area contributed by atoms with Crippen molar-refractivity contribution in [3.8, 4) is 0 Å². The molecule has 11 heavy (non-hydrogen) atoms. The van der Waals surface area contributed by atoms with E-state index in [0.717, 1.165) is 0 Å². The molecule has 2 aliphatic carbocycles. The normalized spacial score (nSPS) is 40.9. The van der Waals surface area contributed by atoms with Crippen LogP contribution >= 0.6 is 15.9 Å². The van der Waals surface area contributed by atoms with E-state index in [1.165, 1.54) is 38.5 Å². The highest BCUT2D eigenvalue weighted by molar-refractivity contribution is 9.10.